The molecule has 0 aliphatic carbocycles. The number of hydrogen-bond acceptors (Lipinski definition) is 7. The molecular formula is C16H25N5O3. The van der Waals surface area contributed by atoms with Gasteiger partial charge in [0.2, 0.25) is 11.9 Å². The summed E-state index contributed by atoms with van der Waals surface area (Å²) in [5, 5.41) is 2.99. The number of rotatable bonds is 6. The molecule has 1 N–H and O–H groups in total. The number of methoxy groups -OCH3 is 1. The summed E-state index contributed by atoms with van der Waals surface area (Å²) in [6, 6.07) is 0.323. The number of hydrogen-bond donors (Lipinski definition) is 1. The molecule has 1 aliphatic heterocycles. The van der Waals surface area contributed by atoms with Gasteiger partial charge in [0, 0.05) is 38.4 Å². The summed E-state index contributed by atoms with van der Waals surface area (Å²) in [6.07, 6.45) is 5.21. The molecule has 0 radical (unpaired) electrons. The molecule has 0 aromatic carbocycles. The maximum absolute atomic E-state index is 12.3. The van der Waals surface area contributed by atoms with Gasteiger partial charge in [-0.05, 0) is 33.0 Å². The number of likely N-dealkylation sites (tertiary alicyclic amines) is 1. The Bertz CT molecular complexity index is 555. The molecule has 24 heavy (non-hydrogen) atoms. The van der Waals surface area contributed by atoms with E-state index in [2.05, 4.69) is 32.0 Å². The fraction of sp³-hybridized carbons (Fsp3) is 0.625. The Hall–Kier alpha value is -2.22. The van der Waals surface area contributed by atoms with Gasteiger partial charge in [0.25, 0.3) is 0 Å². The van der Waals surface area contributed by atoms with E-state index in [1.165, 1.54) is 19.5 Å². The van der Waals surface area contributed by atoms with Gasteiger partial charge in [-0.25, -0.2) is 14.8 Å². The van der Waals surface area contributed by atoms with Crippen LogP contribution in [0.15, 0.2) is 12.4 Å². The zero-order chi connectivity index (χ0) is 17.5. The molecule has 132 valence electrons. The van der Waals surface area contributed by atoms with Gasteiger partial charge in [-0.2, -0.15) is 0 Å². The van der Waals surface area contributed by atoms with Gasteiger partial charge in [-0.3, -0.25) is 4.79 Å². The minimum absolute atomic E-state index is 0.114. The third-order valence-electron chi connectivity index (χ3n) is 4.32. The summed E-state index contributed by atoms with van der Waals surface area (Å²) >= 11 is 0. The molecule has 0 saturated carbocycles. The molecule has 8 nitrogen and oxygen atoms in total. The molecule has 0 bridgehead atoms. The lowest BCUT2D eigenvalue weighted by atomic mass is 10.0. The summed E-state index contributed by atoms with van der Waals surface area (Å²) in [5.74, 6) is 0.0251. The van der Waals surface area contributed by atoms with E-state index in [1.54, 1.807) is 0 Å². The topological polar surface area (TPSA) is 87.7 Å². The third kappa shape index (κ3) is 4.89. The smallest absolute Gasteiger partial charge is 0.341 e. The second-order valence-electron chi connectivity index (χ2n) is 6.00. The van der Waals surface area contributed by atoms with Crippen molar-refractivity contribution in [2.24, 2.45) is 0 Å². The van der Waals surface area contributed by atoms with E-state index in [9.17, 15) is 9.59 Å². The first kappa shape index (κ1) is 18.1. The van der Waals surface area contributed by atoms with E-state index in [-0.39, 0.29) is 5.91 Å². The lowest BCUT2D eigenvalue weighted by molar-refractivity contribution is -0.132. The van der Waals surface area contributed by atoms with Crippen LogP contribution in [0.1, 0.15) is 29.6 Å². The lowest BCUT2D eigenvalue weighted by Crippen LogP contribution is -2.44. The van der Waals surface area contributed by atoms with E-state index >= 15 is 0 Å². The fourth-order valence-electron chi connectivity index (χ4n) is 2.69. The Kier molecular flexibility index (Phi) is 6.48. The van der Waals surface area contributed by atoms with E-state index in [0.29, 0.717) is 30.5 Å². The Morgan fingerprint density at radius 1 is 1.33 bits per heavy atom. The monoisotopic (exact) mass is 335 g/mol. The minimum atomic E-state index is -0.475. The number of aromatic nitrogens is 2. The van der Waals surface area contributed by atoms with Crippen molar-refractivity contribution in [3.05, 3.63) is 18.0 Å². The quantitative estimate of drug-likeness (QED) is 0.762. The van der Waals surface area contributed by atoms with Crippen molar-refractivity contribution >= 4 is 17.8 Å². The van der Waals surface area contributed by atoms with Crippen LogP contribution in [0.3, 0.4) is 0 Å². The Labute approximate surface area is 142 Å². The number of amides is 1. The SMILES string of the molecule is COC(=O)c1cnc(NCCC(=O)N(C)C2CCN(C)CC2)nc1. The molecule has 2 heterocycles. The molecule has 0 spiro atoms. The van der Waals surface area contributed by atoms with E-state index < -0.39 is 5.97 Å². The average Bonchev–Trinajstić information content (AvgIpc) is 2.61. The highest BCUT2D eigenvalue weighted by Gasteiger charge is 2.23. The normalized spacial score (nSPS) is 15.8. The van der Waals surface area contributed by atoms with Crippen LogP contribution in [-0.2, 0) is 9.53 Å². The average molecular weight is 335 g/mol. The zero-order valence-corrected chi connectivity index (χ0v) is 14.5. The highest BCUT2D eigenvalue weighted by molar-refractivity contribution is 5.88. The van der Waals surface area contributed by atoms with Crippen LogP contribution in [-0.4, -0.2) is 78.5 Å². The molecular weight excluding hydrogens is 310 g/mol. The third-order valence-corrected chi connectivity index (χ3v) is 4.32. The van der Waals surface area contributed by atoms with Crippen molar-refractivity contribution in [1.82, 2.24) is 19.8 Å². The van der Waals surface area contributed by atoms with Gasteiger partial charge >= 0.3 is 5.97 Å². The highest BCUT2D eigenvalue weighted by atomic mass is 16.5. The van der Waals surface area contributed by atoms with Crippen molar-refractivity contribution < 1.29 is 14.3 Å². The lowest BCUT2D eigenvalue weighted by Gasteiger charge is -2.35. The number of carbonyl (C=O) groups is 2. The molecule has 0 atom stereocenters. The van der Waals surface area contributed by atoms with E-state index in [1.807, 2.05) is 11.9 Å². The zero-order valence-electron chi connectivity index (χ0n) is 14.5. The predicted molar refractivity (Wildman–Crippen MR) is 89.8 cm³/mol. The van der Waals surface area contributed by atoms with Crippen molar-refractivity contribution in [1.29, 1.82) is 0 Å². The van der Waals surface area contributed by atoms with Gasteiger partial charge < -0.3 is 19.9 Å². The van der Waals surface area contributed by atoms with E-state index in [0.717, 1.165) is 25.9 Å². The number of piperidine rings is 1. The summed E-state index contributed by atoms with van der Waals surface area (Å²) in [7, 11) is 5.29. The number of nitrogens with zero attached hydrogens (tertiary/aromatic N) is 4. The predicted octanol–water partition coefficient (Wildman–Crippen LogP) is 0.618. The summed E-state index contributed by atoms with van der Waals surface area (Å²) in [4.78, 5) is 35.8. The van der Waals surface area contributed by atoms with Gasteiger partial charge in [0.15, 0.2) is 0 Å². The highest BCUT2D eigenvalue weighted by Crippen LogP contribution is 2.14. The first-order chi connectivity index (χ1) is 11.5. The number of carbonyl (C=O) groups excluding carboxylic acids is 2. The summed E-state index contributed by atoms with van der Waals surface area (Å²) < 4.78 is 4.59. The Morgan fingerprint density at radius 2 is 1.96 bits per heavy atom. The van der Waals surface area contributed by atoms with Crippen molar-refractivity contribution in [2.45, 2.75) is 25.3 Å². The maximum Gasteiger partial charge on any atom is 0.341 e. The molecule has 1 aliphatic rings. The molecule has 0 unspecified atom stereocenters. The molecule has 8 heteroatoms. The molecule has 1 fully saturated rings. The first-order valence-corrected chi connectivity index (χ1v) is 8.09. The first-order valence-electron chi connectivity index (χ1n) is 8.09. The molecule has 2 rings (SSSR count). The van der Waals surface area contributed by atoms with Crippen LogP contribution in [0.25, 0.3) is 0 Å². The standard InChI is InChI=1S/C16H25N5O3/c1-20-8-5-13(6-9-20)21(2)14(22)4-7-17-16-18-10-12(11-19-16)15(23)24-3/h10-11,13H,4-9H2,1-3H3,(H,17,18,19). The van der Waals surface area contributed by atoms with Crippen LogP contribution in [0.4, 0.5) is 5.95 Å². The fourth-order valence-corrected chi connectivity index (χ4v) is 2.69. The van der Waals surface area contributed by atoms with Gasteiger partial charge in [-0.1, -0.05) is 0 Å². The summed E-state index contributed by atoms with van der Waals surface area (Å²) in [5.41, 5.74) is 0.293. The number of ether oxygens (including phenoxy) is 1. The van der Waals surface area contributed by atoms with Crippen LogP contribution in [0, 0.1) is 0 Å². The Balaban J connectivity index is 1.74. The Morgan fingerprint density at radius 3 is 2.54 bits per heavy atom. The van der Waals surface area contributed by atoms with Crippen molar-refractivity contribution in [3.8, 4) is 0 Å². The number of nitrogens with one attached hydrogen (secondary N) is 1. The van der Waals surface area contributed by atoms with Crippen LogP contribution >= 0.6 is 0 Å². The molecule has 1 aromatic rings. The number of esters is 1. The largest absolute Gasteiger partial charge is 0.465 e. The second-order valence-corrected chi connectivity index (χ2v) is 6.00. The van der Waals surface area contributed by atoms with Gasteiger partial charge in [0.05, 0.1) is 12.7 Å². The maximum atomic E-state index is 12.3. The second kappa shape index (κ2) is 8.58. The summed E-state index contributed by atoms with van der Waals surface area (Å²) in [6.45, 7) is 2.51. The van der Waals surface area contributed by atoms with Gasteiger partial charge in [-0.15, -0.1) is 0 Å². The van der Waals surface area contributed by atoms with Gasteiger partial charge in [0.1, 0.15) is 0 Å². The molecule has 1 amide bonds. The van der Waals surface area contributed by atoms with Crippen LogP contribution in [0.5, 0.6) is 0 Å². The van der Waals surface area contributed by atoms with Crippen LogP contribution in [0.2, 0.25) is 0 Å². The minimum Gasteiger partial charge on any atom is -0.465 e. The van der Waals surface area contributed by atoms with Crippen LogP contribution < -0.4 is 5.32 Å². The van der Waals surface area contributed by atoms with Crippen molar-refractivity contribution in [2.75, 3.05) is 46.2 Å². The number of anilines is 1. The van der Waals surface area contributed by atoms with Crippen molar-refractivity contribution in [3.63, 3.8) is 0 Å². The molecule has 1 aromatic heterocycles. The van der Waals surface area contributed by atoms with E-state index in [4.69, 9.17) is 0 Å². The molecule has 1 saturated heterocycles.